The molecule has 0 bridgehead atoms. The number of pyridine rings is 2. The normalized spacial score (nSPS) is 8.60. The minimum Gasteiger partial charge on any atom is -0.481 e. The van der Waals surface area contributed by atoms with E-state index in [0.717, 1.165) is 29.6 Å². The monoisotopic (exact) mass is 427 g/mol. The molecule has 0 saturated carbocycles. The molecule has 0 aliphatic rings. The van der Waals surface area contributed by atoms with Gasteiger partial charge >= 0.3 is 0 Å². The van der Waals surface area contributed by atoms with E-state index in [1.807, 2.05) is 74.5 Å². The molecular formula is C20H21N2O2Pd-. The summed E-state index contributed by atoms with van der Waals surface area (Å²) in [5.41, 5.74) is 4.19. The van der Waals surface area contributed by atoms with Gasteiger partial charge in [0.2, 0.25) is 0 Å². The Balaban J connectivity index is 0.000000387. The number of carboxylic acids is 1. The molecule has 1 N–H and O–H groups in total. The predicted molar refractivity (Wildman–Crippen MR) is 95.5 cm³/mol. The zero-order valence-corrected chi connectivity index (χ0v) is 16.0. The second-order valence-electron chi connectivity index (χ2n) is 4.93. The quantitative estimate of drug-likeness (QED) is 0.463. The molecule has 3 rings (SSSR count). The van der Waals surface area contributed by atoms with Gasteiger partial charge in [-0.3, -0.25) is 9.78 Å². The first kappa shape index (κ1) is 22.7. The number of hydrogen-bond donors (Lipinski definition) is 1. The minimum absolute atomic E-state index is 0. The van der Waals surface area contributed by atoms with Crippen molar-refractivity contribution in [2.45, 2.75) is 20.8 Å². The number of benzene rings is 1. The molecule has 0 atom stereocenters. The molecule has 5 heteroatoms. The number of aryl methyl sites for hydroxylation is 2. The molecule has 0 fully saturated rings. The second-order valence-corrected chi connectivity index (χ2v) is 4.93. The van der Waals surface area contributed by atoms with Gasteiger partial charge in [-0.25, -0.2) is 0 Å². The van der Waals surface area contributed by atoms with Gasteiger partial charge in [0.25, 0.3) is 5.97 Å². The maximum Gasteiger partial charge on any atom is 0.300 e. The largest absolute Gasteiger partial charge is 0.481 e. The molecule has 0 aliphatic carbocycles. The molecule has 134 valence electrons. The van der Waals surface area contributed by atoms with E-state index in [2.05, 4.69) is 16.0 Å². The predicted octanol–water partition coefficient (Wildman–Crippen LogP) is 4.34. The van der Waals surface area contributed by atoms with Crippen LogP contribution in [0.5, 0.6) is 0 Å². The van der Waals surface area contributed by atoms with Crippen molar-refractivity contribution < 1.29 is 30.3 Å². The Morgan fingerprint density at radius 1 is 0.960 bits per heavy atom. The molecule has 0 radical (unpaired) electrons. The van der Waals surface area contributed by atoms with Crippen molar-refractivity contribution in [2.24, 2.45) is 0 Å². The van der Waals surface area contributed by atoms with E-state index in [4.69, 9.17) is 9.90 Å². The standard InChI is InChI=1S/C11H8N.C7H9N.C2H4O2.Pd/c1-2-6-10(7-3-1)11-8-4-5-9-12-11;1-6-4-3-5-7(2)8-6;1-2(3)4;/h1-6,8-9H;3-5H,1-2H3;1H3,(H,3,4);/q-1;;;. The summed E-state index contributed by atoms with van der Waals surface area (Å²) in [5.74, 6) is -0.833. The van der Waals surface area contributed by atoms with E-state index in [0.29, 0.717) is 0 Å². The van der Waals surface area contributed by atoms with E-state index in [1.54, 1.807) is 6.20 Å². The number of carbonyl (C=O) groups is 1. The van der Waals surface area contributed by atoms with Gasteiger partial charge in [-0.05, 0) is 37.7 Å². The molecule has 2 heterocycles. The van der Waals surface area contributed by atoms with Crippen molar-refractivity contribution in [3.05, 3.63) is 84.3 Å². The Morgan fingerprint density at radius 3 is 1.96 bits per heavy atom. The van der Waals surface area contributed by atoms with Crippen LogP contribution >= 0.6 is 0 Å². The summed E-state index contributed by atoms with van der Waals surface area (Å²) in [5, 5.41) is 7.42. The van der Waals surface area contributed by atoms with E-state index in [-0.39, 0.29) is 20.4 Å². The summed E-state index contributed by atoms with van der Waals surface area (Å²) in [4.78, 5) is 17.4. The Labute approximate surface area is 162 Å². The van der Waals surface area contributed by atoms with Crippen LogP contribution in [0.25, 0.3) is 11.3 Å². The average Bonchev–Trinajstić information content (AvgIpc) is 2.56. The fourth-order valence-electron chi connectivity index (χ4n) is 1.75. The smallest absolute Gasteiger partial charge is 0.300 e. The van der Waals surface area contributed by atoms with Crippen LogP contribution in [0.15, 0.2) is 66.9 Å². The van der Waals surface area contributed by atoms with E-state index < -0.39 is 5.97 Å². The van der Waals surface area contributed by atoms with Gasteiger partial charge in [0.1, 0.15) is 0 Å². The number of carboxylic acid groups (broad SMARTS) is 1. The first-order valence-electron chi connectivity index (χ1n) is 7.47. The Kier molecular flexibility index (Phi) is 11.8. The van der Waals surface area contributed by atoms with Crippen molar-refractivity contribution in [3.8, 4) is 11.3 Å². The Morgan fingerprint density at radius 2 is 1.56 bits per heavy atom. The van der Waals surface area contributed by atoms with Crippen molar-refractivity contribution in [2.75, 3.05) is 0 Å². The summed E-state index contributed by atoms with van der Waals surface area (Å²) >= 11 is 0. The van der Waals surface area contributed by atoms with Crippen molar-refractivity contribution in [1.29, 1.82) is 0 Å². The Bertz CT molecular complexity index is 676. The topological polar surface area (TPSA) is 63.1 Å². The number of hydrogen-bond acceptors (Lipinski definition) is 3. The molecule has 0 unspecified atom stereocenters. The van der Waals surface area contributed by atoms with E-state index in [1.165, 1.54) is 0 Å². The van der Waals surface area contributed by atoms with Crippen LogP contribution in [-0.4, -0.2) is 21.0 Å². The van der Waals surface area contributed by atoms with Crippen LogP contribution in [0, 0.1) is 19.9 Å². The average molecular weight is 428 g/mol. The fraction of sp³-hybridized carbons (Fsp3) is 0.150. The van der Waals surface area contributed by atoms with Crippen LogP contribution in [-0.2, 0) is 25.2 Å². The first-order valence-corrected chi connectivity index (χ1v) is 7.47. The van der Waals surface area contributed by atoms with Gasteiger partial charge in [-0.15, -0.1) is 35.9 Å². The van der Waals surface area contributed by atoms with Crippen LogP contribution in [0.4, 0.5) is 0 Å². The first-order chi connectivity index (χ1) is 11.5. The van der Waals surface area contributed by atoms with Crippen molar-refractivity contribution >= 4 is 5.97 Å². The molecule has 0 amide bonds. The number of rotatable bonds is 1. The van der Waals surface area contributed by atoms with Crippen LogP contribution < -0.4 is 0 Å². The van der Waals surface area contributed by atoms with Gasteiger partial charge in [-0.2, -0.15) is 0 Å². The molecule has 1 aromatic carbocycles. The molecule has 0 saturated heterocycles. The third kappa shape index (κ3) is 10.9. The second kappa shape index (κ2) is 13.0. The molecule has 0 spiro atoms. The van der Waals surface area contributed by atoms with Gasteiger partial charge in [0.05, 0.1) is 0 Å². The summed E-state index contributed by atoms with van der Waals surface area (Å²) < 4.78 is 0. The molecule has 25 heavy (non-hydrogen) atoms. The maximum absolute atomic E-state index is 9.00. The third-order valence-corrected chi connectivity index (χ3v) is 2.68. The third-order valence-electron chi connectivity index (χ3n) is 2.68. The molecule has 3 aromatic rings. The SMILES string of the molecule is CC(=O)O.Cc1cccc(C)n1.[Pd].[c-]1ccccc1-c1ccccn1. The zero-order chi connectivity index (χ0) is 17.8. The number of nitrogens with zero attached hydrogens (tertiary/aromatic N) is 2. The molecule has 2 aromatic heterocycles. The van der Waals surface area contributed by atoms with Crippen molar-refractivity contribution in [3.63, 3.8) is 0 Å². The zero-order valence-electron chi connectivity index (χ0n) is 14.4. The number of aliphatic carboxylic acids is 1. The Hall–Kier alpha value is -2.35. The molecule has 4 nitrogen and oxygen atoms in total. The van der Waals surface area contributed by atoms with Gasteiger partial charge in [-0.1, -0.05) is 18.2 Å². The summed E-state index contributed by atoms with van der Waals surface area (Å²) in [6.45, 7) is 5.07. The van der Waals surface area contributed by atoms with Crippen LogP contribution in [0.2, 0.25) is 0 Å². The number of aromatic nitrogens is 2. The maximum atomic E-state index is 9.00. The summed E-state index contributed by atoms with van der Waals surface area (Å²) in [6, 6.07) is 22.8. The van der Waals surface area contributed by atoms with Crippen LogP contribution in [0.1, 0.15) is 18.3 Å². The van der Waals surface area contributed by atoms with Crippen molar-refractivity contribution in [1.82, 2.24) is 9.97 Å². The van der Waals surface area contributed by atoms with Gasteiger partial charge in [0.15, 0.2) is 0 Å². The minimum atomic E-state index is -0.833. The van der Waals surface area contributed by atoms with E-state index >= 15 is 0 Å². The van der Waals surface area contributed by atoms with Gasteiger partial charge in [0, 0.05) is 44.9 Å². The molecule has 0 aliphatic heterocycles. The van der Waals surface area contributed by atoms with Gasteiger partial charge < -0.3 is 10.1 Å². The summed E-state index contributed by atoms with van der Waals surface area (Å²) in [7, 11) is 0. The molecular weight excluding hydrogens is 407 g/mol. The summed E-state index contributed by atoms with van der Waals surface area (Å²) in [6.07, 6.45) is 1.79. The fourth-order valence-corrected chi connectivity index (χ4v) is 1.75. The van der Waals surface area contributed by atoms with E-state index in [9.17, 15) is 0 Å². The van der Waals surface area contributed by atoms with Crippen LogP contribution in [0.3, 0.4) is 0 Å².